The molecular formula is C23H30F5N5. The van der Waals surface area contributed by atoms with Gasteiger partial charge in [0.25, 0.3) is 0 Å². The molecule has 2 N–H and O–H groups in total. The van der Waals surface area contributed by atoms with Gasteiger partial charge in [-0.15, -0.1) is 0 Å². The molecule has 0 aliphatic heterocycles. The number of nitrogens with one attached hydrogen (secondary N) is 2. The highest BCUT2D eigenvalue weighted by Crippen LogP contribution is 2.33. The maximum atomic E-state index is 13.0. The number of halogens is 5. The third-order valence-corrected chi connectivity index (χ3v) is 5.60. The number of anilines is 1. The second kappa shape index (κ2) is 12.5. The van der Waals surface area contributed by atoms with Crippen LogP contribution in [-0.2, 0) is 12.8 Å². The van der Waals surface area contributed by atoms with Gasteiger partial charge in [0.15, 0.2) is 0 Å². The van der Waals surface area contributed by atoms with Crippen molar-refractivity contribution in [3.63, 3.8) is 0 Å². The summed E-state index contributed by atoms with van der Waals surface area (Å²) in [5.74, 6) is 0. The van der Waals surface area contributed by atoms with E-state index in [1.807, 2.05) is 6.92 Å². The molecule has 0 amide bonds. The normalized spacial score (nSPS) is 16.0. The molecule has 1 aliphatic carbocycles. The Morgan fingerprint density at radius 1 is 1.33 bits per heavy atom. The molecule has 0 spiro atoms. The Balaban J connectivity index is 2.20. The fourth-order valence-corrected chi connectivity index (χ4v) is 3.40. The van der Waals surface area contributed by atoms with E-state index in [1.54, 1.807) is 18.2 Å². The van der Waals surface area contributed by atoms with Gasteiger partial charge in [-0.25, -0.2) is 14.2 Å². The molecule has 0 saturated heterocycles. The summed E-state index contributed by atoms with van der Waals surface area (Å²) >= 11 is 0. The second-order valence-electron chi connectivity index (χ2n) is 8.02. The molecular weight excluding hydrogens is 441 g/mol. The topological polar surface area (TPSA) is 63.5 Å². The summed E-state index contributed by atoms with van der Waals surface area (Å²) < 4.78 is 63.5. The molecule has 0 unspecified atom stereocenters. The molecule has 1 aromatic rings. The predicted molar refractivity (Wildman–Crippen MR) is 119 cm³/mol. The van der Waals surface area contributed by atoms with Crippen LogP contribution < -0.4 is 15.8 Å². The van der Waals surface area contributed by atoms with E-state index in [-0.39, 0.29) is 18.9 Å². The van der Waals surface area contributed by atoms with Crippen LogP contribution in [0.5, 0.6) is 0 Å². The lowest BCUT2D eigenvalue weighted by atomic mass is 9.89. The third-order valence-electron chi connectivity index (χ3n) is 5.60. The van der Waals surface area contributed by atoms with Crippen LogP contribution in [0.25, 0.3) is 0 Å². The fourth-order valence-electron chi connectivity index (χ4n) is 3.40. The van der Waals surface area contributed by atoms with Crippen molar-refractivity contribution in [3.05, 3.63) is 41.7 Å². The summed E-state index contributed by atoms with van der Waals surface area (Å²) in [6, 6.07) is 5.76. The Morgan fingerprint density at radius 2 is 2.06 bits per heavy atom. The maximum absolute atomic E-state index is 13.0. The van der Waals surface area contributed by atoms with Gasteiger partial charge < -0.3 is 10.3 Å². The van der Waals surface area contributed by atoms with Gasteiger partial charge in [-0.05, 0) is 49.8 Å². The van der Waals surface area contributed by atoms with Crippen molar-refractivity contribution in [2.45, 2.75) is 77.1 Å². The molecule has 1 aromatic carbocycles. The Morgan fingerprint density at radius 3 is 2.61 bits per heavy atom. The van der Waals surface area contributed by atoms with Gasteiger partial charge in [0, 0.05) is 36.3 Å². The number of nitrogens with zero attached hydrogens (tertiary/aromatic N) is 3. The van der Waals surface area contributed by atoms with E-state index < -0.39 is 18.6 Å². The number of nitriles is 1. The Labute approximate surface area is 191 Å². The first-order chi connectivity index (χ1) is 15.7. The molecule has 0 heterocycles. The number of hydrazine groups is 1. The molecule has 0 radical (unpaired) electrons. The molecule has 1 fully saturated rings. The summed E-state index contributed by atoms with van der Waals surface area (Å²) in [6.07, 6.45) is -0.756. The molecule has 10 heteroatoms. The minimum atomic E-state index is -4.36. The first-order valence-corrected chi connectivity index (χ1v) is 11.0. The number of benzene rings is 1. The van der Waals surface area contributed by atoms with Crippen molar-refractivity contribution in [2.75, 3.05) is 11.4 Å². The van der Waals surface area contributed by atoms with E-state index in [2.05, 4.69) is 26.8 Å². The average Bonchev–Trinajstić information content (AvgIpc) is 2.70. The quantitative estimate of drug-likeness (QED) is 0.247. The number of hydrogen-bond acceptors (Lipinski definition) is 5. The summed E-state index contributed by atoms with van der Waals surface area (Å²) in [5.41, 5.74) is 7.34. The highest BCUT2D eigenvalue weighted by molar-refractivity contribution is 5.89. The SMILES string of the molecule is CCC(CN(c1cc(CC(F)F)ccc1CC#N)C1CCC1)=N/C=C/NN[C@@H](C)C(F)(F)F. The van der Waals surface area contributed by atoms with Crippen LogP contribution in [0.4, 0.5) is 27.6 Å². The standard InChI is InChI=1S/C23H30F5N5/c1-3-19(30-11-12-31-32-16(2)23(26,27)28)15-33(20-5-4-6-20)21-13-17(14-22(24)25)7-8-18(21)9-10-29/h7-8,11-13,16,20,22,31-32H,3-6,9,14-15H2,1-2H3/b12-11+,30-19?/t16-/m0/s1. The van der Waals surface area contributed by atoms with E-state index >= 15 is 0 Å². The number of alkyl halides is 5. The number of hydrogen-bond donors (Lipinski definition) is 2. The minimum absolute atomic E-state index is 0.166. The molecule has 0 bridgehead atoms. The lowest BCUT2D eigenvalue weighted by Crippen LogP contribution is -2.45. The van der Waals surface area contributed by atoms with Crippen molar-refractivity contribution < 1.29 is 22.0 Å². The molecule has 1 atom stereocenters. The number of aliphatic imine (C=N–C) groups is 1. The van der Waals surface area contributed by atoms with E-state index in [0.29, 0.717) is 18.5 Å². The van der Waals surface area contributed by atoms with Crippen molar-refractivity contribution in [3.8, 4) is 6.07 Å². The van der Waals surface area contributed by atoms with Gasteiger partial charge in [0.1, 0.15) is 6.04 Å². The first kappa shape index (κ1) is 26.6. The maximum Gasteiger partial charge on any atom is 0.405 e. The van der Waals surface area contributed by atoms with Gasteiger partial charge in [-0.2, -0.15) is 18.4 Å². The van der Waals surface area contributed by atoms with Crippen LogP contribution >= 0.6 is 0 Å². The lowest BCUT2D eigenvalue weighted by molar-refractivity contribution is -0.153. The Kier molecular flexibility index (Phi) is 10.1. The monoisotopic (exact) mass is 471 g/mol. The van der Waals surface area contributed by atoms with Crippen molar-refractivity contribution in [1.82, 2.24) is 10.9 Å². The molecule has 2 rings (SSSR count). The van der Waals surface area contributed by atoms with Gasteiger partial charge in [-0.3, -0.25) is 4.99 Å². The molecule has 5 nitrogen and oxygen atoms in total. The van der Waals surface area contributed by atoms with Gasteiger partial charge in [-0.1, -0.05) is 19.1 Å². The molecule has 33 heavy (non-hydrogen) atoms. The van der Waals surface area contributed by atoms with E-state index in [0.717, 1.165) is 43.1 Å². The lowest BCUT2D eigenvalue weighted by Gasteiger charge is -2.40. The summed E-state index contributed by atoms with van der Waals surface area (Å²) in [5, 5.41) is 9.23. The van der Waals surface area contributed by atoms with Crippen LogP contribution in [-0.4, -0.2) is 36.9 Å². The second-order valence-corrected chi connectivity index (χ2v) is 8.02. The zero-order valence-electron chi connectivity index (χ0n) is 18.8. The first-order valence-electron chi connectivity index (χ1n) is 11.0. The van der Waals surface area contributed by atoms with Crippen molar-refractivity contribution in [2.24, 2.45) is 4.99 Å². The van der Waals surface area contributed by atoms with E-state index in [1.165, 1.54) is 12.4 Å². The van der Waals surface area contributed by atoms with Gasteiger partial charge >= 0.3 is 6.18 Å². The third kappa shape index (κ3) is 8.31. The molecule has 1 saturated carbocycles. The van der Waals surface area contributed by atoms with Crippen LogP contribution in [0, 0.1) is 11.3 Å². The van der Waals surface area contributed by atoms with E-state index in [4.69, 9.17) is 0 Å². The fraction of sp³-hybridized carbons (Fsp3) is 0.565. The average molecular weight is 472 g/mol. The summed E-state index contributed by atoms with van der Waals surface area (Å²) in [7, 11) is 0. The molecule has 0 aromatic heterocycles. The highest BCUT2D eigenvalue weighted by Gasteiger charge is 2.35. The van der Waals surface area contributed by atoms with Crippen molar-refractivity contribution >= 4 is 11.4 Å². The zero-order chi connectivity index (χ0) is 24.4. The van der Waals surface area contributed by atoms with E-state index in [9.17, 15) is 27.2 Å². The minimum Gasteiger partial charge on any atom is -0.363 e. The van der Waals surface area contributed by atoms with Gasteiger partial charge in [0.2, 0.25) is 6.43 Å². The van der Waals surface area contributed by atoms with Crippen molar-refractivity contribution in [1.29, 1.82) is 5.26 Å². The van der Waals surface area contributed by atoms with Crippen LogP contribution in [0.1, 0.15) is 50.7 Å². The van der Waals surface area contributed by atoms with Gasteiger partial charge in [0.05, 0.1) is 19.0 Å². The molecule has 1 aliphatic rings. The van der Waals surface area contributed by atoms with Crippen LogP contribution in [0.3, 0.4) is 0 Å². The van der Waals surface area contributed by atoms with Crippen LogP contribution in [0.2, 0.25) is 0 Å². The smallest absolute Gasteiger partial charge is 0.363 e. The summed E-state index contributed by atoms with van der Waals surface area (Å²) in [4.78, 5) is 6.50. The Bertz CT molecular complexity index is 856. The Hall–Kier alpha value is -2.67. The highest BCUT2D eigenvalue weighted by atomic mass is 19.4. The number of rotatable bonds is 12. The summed E-state index contributed by atoms with van der Waals surface area (Å²) in [6.45, 7) is 3.36. The zero-order valence-corrected chi connectivity index (χ0v) is 18.8. The largest absolute Gasteiger partial charge is 0.405 e. The predicted octanol–water partition coefficient (Wildman–Crippen LogP) is 5.29. The van der Waals surface area contributed by atoms with Crippen LogP contribution in [0.15, 0.2) is 35.6 Å². The molecule has 182 valence electrons.